The van der Waals surface area contributed by atoms with Crippen LogP contribution in [-0.4, -0.2) is 5.11 Å². The van der Waals surface area contributed by atoms with Gasteiger partial charge in [-0.1, -0.05) is 30.3 Å². The maximum absolute atomic E-state index is 13.1. The molecule has 0 aromatic heterocycles. The van der Waals surface area contributed by atoms with Crippen LogP contribution in [0.15, 0.2) is 42.5 Å². The van der Waals surface area contributed by atoms with E-state index in [2.05, 4.69) is 0 Å². The normalized spacial score (nSPS) is 12.4. The van der Waals surface area contributed by atoms with Crippen molar-refractivity contribution in [3.05, 3.63) is 70.5 Å². The number of hydrogen-bond acceptors (Lipinski definition) is 1. The Morgan fingerprint density at radius 2 is 1.83 bits per heavy atom. The molecular formula is C16H17FO. The molecule has 0 aliphatic rings. The summed E-state index contributed by atoms with van der Waals surface area (Å²) in [6.07, 6.45) is -0.158. The Kier molecular flexibility index (Phi) is 3.78. The lowest BCUT2D eigenvalue weighted by molar-refractivity contribution is 0.177. The minimum Gasteiger partial charge on any atom is -0.388 e. The number of rotatable bonds is 3. The number of halogens is 1. The van der Waals surface area contributed by atoms with E-state index in [-0.39, 0.29) is 5.82 Å². The van der Waals surface area contributed by atoms with Crippen LogP contribution in [0.5, 0.6) is 0 Å². The summed E-state index contributed by atoms with van der Waals surface area (Å²) in [5.74, 6) is -0.263. The number of benzene rings is 2. The van der Waals surface area contributed by atoms with Crippen LogP contribution in [0.1, 0.15) is 28.4 Å². The van der Waals surface area contributed by atoms with Crippen molar-refractivity contribution in [3.63, 3.8) is 0 Å². The quantitative estimate of drug-likeness (QED) is 0.872. The molecule has 0 aliphatic heterocycles. The highest BCUT2D eigenvalue weighted by atomic mass is 19.1. The smallest absolute Gasteiger partial charge is 0.123 e. The van der Waals surface area contributed by atoms with Crippen LogP contribution in [-0.2, 0) is 6.42 Å². The molecule has 2 aromatic rings. The van der Waals surface area contributed by atoms with Crippen LogP contribution >= 0.6 is 0 Å². The summed E-state index contributed by atoms with van der Waals surface area (Å²) in [5, 5.41) is 10.2. The molecular weight excluding hydrogens is 227 g/mol. The van der Waals surface area contributed by atoms with E-state index in [1.807, 2.05) is 38.1 Å². The van der Waals surface area contributed by atoms with Crippen LogP contribution in [0.25, 0.3) is 0 Å². The van der Waals surface area contributed by atoms with E-state index >= 15 is 0 Å². The zero-order chi connectivity index (χ0) is 13.1. The average molecular weight is 244 g/mol. The summed E-state index contributed by atoms with van der Waals surface area (Å²) >= 11 is 0. The highest BCUT2D eigenvalue weighted by molar-refractivity contribution is 5.35. The summed E-state index contributed by atoms with van der Waals surface area (Å²) in [6.45, 7) is 4.02. The van der Waals surface area contributed by atoms with E-state index in [1.54, 1.807) is 6.07 Å². The van der Waals surface area contributed by atoms with Gasteiger partial charge in [0.2, 0.25) is 0 Å². The SMILES string of the molecule is Cc1cccc(C(O)Cc2cccc(F)c2)c1C. The minimum atomic E-state index is -0.591. The number of aliphatic hydroxyl groups excluding tert-OH is 1. The molecule has 0 amide bonds. The van der Waals surface area contributed by atoms with Gasteiger partial charge in [-0.05, 0) is 48.2 Å². The lowest BCUT2D eigenvalue weighted by Gasteiger charge is -2.15. The van der Waals surface area contributed by atoms with E-state index in [1.165, 1.54) is 12.1 Å². The molecule has 2 aromatic carbocycles. The van der Waals surface area contributed by atoms with Gasteiger partial charge in [-0.3, -0.25) is 0 Å². The van der Waals surface area contributed by atoms with Crippen molar-refractivity contribution in [2.24, 2.45) is 0 Å². The van der Waals surface area contributed by atoms with Gasteiger partial charge in [0.1, 0.15) is 5.82 Å². The number of aliphatic hydroxyl groups is 1. The van der Waals surface area contributed by atoms with Gasteiger partial charge in [0.15, 0.2) is 0 Å². The molecule has 0 fully saturated rings. The Morgan fingerprint density at radius 1 is 1.11 bits per heavy atom. The van der Waals surface area contributed by atoms with E-state index in [0.29, 0.717) is 6.42 Å². The second-order valence-corrected chi connectivity index (χ2v) is 4.64. The highest BCUT2D eigenvalue weighted by Gasteiger charge is 2.12. The maximum atomic E-state index is 13.1. The third-order valence-corrected chi connectivity index (χ3v) is 3.32. The van der Waals surface area contributed by atoms with E-state index < -0.39 is 6.10 Å². The van der Waals surface area contributed by atoms with Crippen molar-refractivity contribution >= 4 is 0 Å². The number of aryl methyl sites for hydroxylation is 1. The van der Waals surface area contributed by atoms with Gasteiger partial charge in [0, 0.05) is 6.42 Å². The van der Waals surface area contributed by atoms with Crippen molar-refractivity contribution < 1.29 is 9.50 Å². The molecule has 2 rings (SSSR count). The molecule has 1 unspecified atom stereocenters. The molecule has 1 nitrogen and oxygen atoms in total. The molecule has 0 spiro atoms. The summed E-state index contributed by atoms with van der Waals surface area (Å²) in [5.41, 5.74) is 3.98. The van der Waals surface area contributed by atoms with Crippen molar-refractivity contribution in [1.29, 1.82) is 0 Å². The summed E-state index contributed by atoms with van der Waals surface area (Å²) in [4.78, 5) is 0. The minimum absolute atomic E-state index is 0.263. The molecule has 1 N–H and O–H groups in total. The van der Waals surface area contributed by atoms with Crippen molar-refractivity contribution in [3.8, 4) is 0 Å². The molecule has 0 saturated carbocycles. The lowest BCUT2D eigenvalue weighted by Crippen LogP contribution is -2.05. The first kappa shape index (κ1) is 12.8. The van der Waals surface area contributed by atoms with Crippen molar-refractivity contribution in [2.45, 2.75) is 26.4 Å². The molecule has 0 heterocycles. The first-order chi connectivity index (χ1) is 8.58. The Balaban J connectivity index is 2.22. The molecule has 0 saturated heterocycles. The van der Waals surface area contributed by atoms with Crippen molar-refractivity contribution in [2.75, 3.05) is 0 Å². The van der Waals surface area contributed by atoms with Gasteiger partial charge >= 0.3 is 0 Å². The summed E-state index contributed by atoms with van der Waals surface area (Å²) in [6, 6.07) is 12.3. The zero-order valence-corrected chi connectivity index (χ0v) is 10.7. The lowest BCUT2D eigenvalue weighted by atomic mass is 9.95. The van der Waals surface area contributed by atoms with Crippen LogP contribution < -0.4 is 0 Å². The average Bonchev–Trinajstić information content (AvgIpc) is 2.32. The van der Waals surface area contributed by atoms with Gasteiger partial charge in [-0.2, -0.15) is 0 Å². The Bertz CT molecular complexity index is 549. The first-order valence-corrected chi connectivity index (χ1v) is 6.06. The van der Waals surface area contributed by atoms with Crippen LogP contribution in [0.3, 0.4) is 0 Å². The van der Waals surface area contributed by atoms with Crippen LogP contribution in [0.4, 0.5) is 4.39 Å². The second kappa shape index (κ2) is 5.32. The predicted molar refractivity (Wildman–Crippen MR) is 71.0 cm³/mol. The summed E-state index contributed by atoms with van der Waals surface area (Å²) in [7, 11) is 0. The highest BCUT2D eigenvalue weighted by Crippen LogP contribution is 2.23. The molecule has 0 aliphatic carbocycles. The van der Waals surface area contributed by atoms with Gasteiger partial charge in [-0.15, -0.1) is 0 Å². The van der Waals surface area contributed by atoms with Crippen LogP contribution in [0, 0.1) is 19.7 Å². The first-order valence-electron chi connectivity index (χ1n) is 6.06. The molecule has 1 atom stereocenters. The molecule has 18 heavy (non-hydrogen) atoms. The Morgan fingerprint density at radius 3 is 2.56 bits per heavy atom. The topological polar surface area (TPSA) is 20.2 Å². The second-order valence-electron chi connectivity index (χ2n) is 4.64. The fourth-order valence-electron chi connectivity index (χ4n) is 2.13. The molecule has 0 radical (unpaired) electrons. The summed E-state index contributed by atoms with van der Waals surface area (Å²) < 4.78 is 13.1. The fraction of sp³-hybridized carbons (Fsp3) is 0.250. The Hall–Kier alpha value is -1.67. The molecule has 2 heteroatoms. The third-order valence-electron chi connectivity index (χ3n) is 3.32. The third kappa shape index (κ3) is 2.77. The van der Waals surface area contributed by atoms with Crippen molar-refractivity contribution in [1.82, 2.24) is 0 Å². The van der Waals surface area contributed by atoms with Gasteiger partial charge in [0.05, 0.1) is 6.10 Å². The molecule has 0 bridgehead atoms. The van der Waals surface area contributed by atoms with E-state index in [0.717, 1.165) is 22.3 Å². The van der Waals surface area contributed by atoms with E-state index in [4.69, 9.17) is 0 Å². The standard InChI is InChI=1S/C16H17FO/c1-11-5-3-8-15(12(11)2)16(18)10-13-6-4-7-14(17)9-13/h3-9,16,18H,10H2,1-2H3. The fourth-order valence-corrected chi connectivity index (χ4v) is 2.13. The van der Waals surface area contributed by atoms with E-state index in [9.17, 15) is 9.50 Å². The monoisotopic (exact) mass is 244 g/mol. The van der Waals surface area contributed by atoms with Gasteiger partial charge in [-0.25, -0.2) is 4.39 Å². The number of hydrogen-bond donors (Lipinski definition) is 1. The predicted octanol–water partition coefficient (Wildman–Crippen LogP) is 3.72. The zero-order valence-electron chi connectivity index (χ0n) is 10.7. The van der Waals surface area contributed by atoms with Gasteiger partial charge < -0.3 is 5.11 Å². The molecule has 94 valence electrons. The Labute approximate surface area is 107 Å². The largest absolute Gasteiger partial charge is 0.388 e. The maximum Gasteiger partial charge on any atom is 0.123 e. The van der Waals surface area contributed by atoms with Crippen LogP contribution in [0.2, 0.25) is 0 Å². The van der Waals surface area contributed by atoms with Gasteiger partial charge in [0.25, 0.3) is 0 Å².